The number of pyridine rings is 1. The fourth-order valence-corrected chi connectivity index (χ4v) is 4.04. The molecule has 7 heteroatoms. The maximum absolute atomic E-state index is 13.6. The molecular formula is C25H26ClN5O. The highest BCUT2D eigenvalue weighted by Crippen LogP contribution is 2.29. The molecule has 1 amide bonds. The van der Waals surface area contributed by atoms with Gasteiger partial charge in [-0.05, 0) is 50.2 Å². The Morgan fingerprint density at radius 3 is 2.69 bits per heavy atom. The summed E-state index contributed by atoms with van der Waals surface area (Å²) in [5.74, 6) is -0.0717. The fourth-order valence-electron chi connectivity index (χ4n) is 3.85. The van der Waals surface area contributed by atoms with Gasteiger partial charge < -0.3 is 10.2 Å². The first-order valence-corrected chi connectivity index (χ1v) is 10.9. The van der Waals surface area contributed by atoms with Crippen molar-refractivity contribution in [1.82, 2.24) is 19.7 Å². The molecule has 0 aliphatic rings. The number of hydrogen-bond donors (Lipinski definition) is 1. The van der Waals surface area contributed by atoms with Crippen LogP contribution in [0, 0.1) is 6.92 Å². The third-order valence-corrected chi connectivity index (χ3v) is 5.94. The first kappa shape index (κ1) is 21.8. The van der Waals surface area contributed by atoms with Crippen molar-refractivity contribution in [2.75, 3.05) is 19.4 Å². The van der Waals surface area contributed by atoms with Gasteiger partial charge in [0, 0.05) is 60.1 Å². The summed E-state index contributed by atoms with van der Waals surface area (Å²) in [5.41, 5.74) is 5.97. The lowest BCUT2D eigenvalue weighted by atomic mass is 10.0. The largest absolute Gasteiger partial charge is 0.388 e. The molecule has 2 aromatic heterocycles. The number of anilines is 1. The van der Waals surface area contributed by atoms with Crippen LogP contribution in [0.25, 0.3) is 22.2 Å². The molecule has 0 bridgehead atoms. The van der Waals surface area contributed by atoms with E-state index >= 15 is 0 Å². The molecule has 32 heavy (non-hydrogen) atoms. The first-order valence-electron chi connectivity index (χ1n) is 10.6. The van der Waals surface area contributed by atoms with Crippen LogP contribution in [0.15, 0.2) is 54.7 Å². The molecule has 0 spiro atoms. The van der Waals surface area contributed by atoms with Gasteiger partial charge in [-0.25, -0.2) is 4.98 Å². The van der Waals surface area contributed by atoms with Crippen molar-refractivity contribution in [1.29, 1.82) is 0 Å². The molecule has 0 atom stereocenters. The van der Waals surface area contributed by atoms with Crippen molar-refractivity contribution in [3.8, 4) is 11.3 Å². The normalized spacial score (nSPS) is 11.0. The van der Waals surface area contributed by atoms with Crippen molar-refractivity contribution < 1.29 is 4.79 Å². The van der Waals surface area contributed by atoms with Gasteiger partial charge in [-0.3, -0.25) is 9.48 Å². The lowest BCUT2D eigenvalue weighted by Crippen LogP contribution is -2.27. The monoisotopic (exact) mass is 447 g/mol. The third kappa shape index (κ3) is 4.18. The van der Waals surface area contributed by atoms with Crippen molar-refractivity contribution in [3.05, 3.63) is 76.6 Å². The van der Waals surface area contributed by atoms with Gasteiger partial charge in [-0.15, -0.1) is 0 Å². The molecule has 0 saturated carbocycles. The SMILES string of the molecule is CCn1ncc(CN(C)C(=O)c2cc(-c3cccc(Cl)c3)nc3ccc(NC)cc23)c1C. The standard InChI is InChI=1S/C25H26ClN5O/c1-5-31-16(2)18(14-28-31)15-30(4)25(32)22-13-24(17-7-6-8-19(26)11-17)29-23-10-9-20(27-3)12-21(22)23/h6-14,27H,5,15H2,1-4H3. The Morgan fingerprint density at radius 2 is 2.00 bits per heavy atom. The zero-order valence-electron chi connectivity index (χ0n) is 18.7. The van der Waals surface area contributed by atoms with Crippen LogP contribution < -0.4 is 5.32 Å². The quantitative estimate of drug-likeness (QED) is 0.430. The minimum Gasteiger partial charge on any atom is -0.388 e. The second-order valence-corrected chi connectivity index (χ2v) is 8.22. The van der Waals surface area contributed by atoms with Crippen LogP contribution in [-0.4, -0.2) is 39.7 Å². The Hall–Kier alpha value is -3.38. The Morgan fingerprint density at radius 1 is 1.19 bits per heavy atom. The lowest BCUT2D eigenvalue weighted by Gasteiger charge is -2.19. The molecule has 4 aromatic rings. The Balaban J connectivity index is 1.79. The molecule has 0 saturated heterocycles. The molecule has 0 unspecified atom stereocenters. The minimum absolute atomic E-state index is 0.0717. The zero-order chi connectivity index (χ0) is 22.8. The van der Waals surface area contributed by atoms with Gasteiger partial charge in [0.2, 0.25) is 0 Å². The van der Waals surface area contributed by atoms with Crippen molar-refractivity contribution in [3.63, 3.8) is 0 Å². The van der Waals surface area contributed by atoms with E-state index in [-0.39, 0.29) is 5.91 Å². The second-order valence-electron chi connectivity index (χ2n) is 7.78. The van der Waals surface area contributed by atoms with E-state index in [0.29, 0.717) is 22.8 Å². The Labute approximate surface area is 192 Å². The number of hydrogen-bond acceptors (Lipinski definition) is 4. The van der Waals surface area contributed by atoms with Crippen LogP contribution in [0.3, 0.4) is 0 Å². The van der Waals surface area contributed by atoms with Crippen LogP contribution in [0.5, 0.6) is 0 Å². The van der Waals surface area contributed by atoms with E-state index in [9.17, 15) is 4.79 Å². The van der Waals surface area contributed by atoms with Gasteiger partial charge in [0.25, 0.3) is 5.91 Å². The summed E-state index contributed by atoms with van der Waals surface area (Å²) in [6, 6.07) is 15.2. The molecule has 164 valence electrons. The van der Waals surface area contributed by atoms with E-state index in [0.717, 1.165) is 40.0 Å². The molecule has 0 fully saturated rings. The molecule has 0 aliphatic heterocycles. The van der Waals surface area contributed by atoms with E-state index < -0.39 is 0 Å². The number of nitrogens with zero attached hydrogens (tertiary/aromatic N) is 4. The number of halogens is 1. The number of carbonyl (C=O) groups excluding carboxylic acids is 1. The first-order chi connectivity index (χ1) is 15.4. The summed E-state index contributed by atoms with van der Waals surface area (Å²) in [6.07, 6.45) is 1.84. The van der Waals surface area contributed by atoms with Gasteiger partial charge in [-0.2, -0.15) is 5.10 Å². The van der Waals surface area contributed by atoms with Gasteiger partial charge in [0.15, 0.2) is 0 Å². The zero-order valence-corrected chi connectivity index (χ0v) is 19.4. The predicted molar refractivity (Wildman–Crippen MR) is 130 cm³/mol. The fraction of sp³-hybridized carbons (Fsp3) is 0.240. The number of aryl methyl sites for hydroxylation is 1. The average molecular weight is 448 g/mol. The summed E-state index contributed by atoms with van der Waals surface area (Å²) >= 11 is 6.21. The highest BCUT2D eigenvalue weighted by molar-refractivity contribution is 6.30. The number of nitrogens with one attached hydrogen (secondary N) is 1. The number of rotatable bonds is 6. The van der Waals surface area contributed by atoms with Crippen LogP contribution >= 0.6 is 11.6 Å². The van der Waals surface area contributed by atoms with Gasteiger partial charge in [0.1, 0.15) is 0 Å². The number of fused-ring (bicyclic) bond motifs is 1. The summed E-state index contributed by atoms with van der Waals surface area (Å²) in [7, 11) is 3.68. The maximum atomic E-state index is 13.6. The molecule has 0 radical (unpaired) electrons. The van der Waals surface area contributed by atoms with Crippen LogP contribution in [-0.2, 0) is 13.1 Å². The highest BCUT2D eigenvalue weighted by Gasteiger charge is 2.20. The number of amides is 1. The van der Waals surface area contributed by atoms with Gasteiger partial charge in [-0.1, -0.05) is 23.7 Å². The molecule has 0 aliphatic carbocycles. The number of benzene rings is 2. The number of carbonyl (C=O) groups is 1. The van der Waals surface area contributed by atoms with E-state index in [4.69, 9.17) is 16.6 Å². The van der Waals surface area contributed by atoms with Gasteiger partial charge in [0.05, 0.1) is 23.0 Å². The minimum atomic E-state index is -0.0717. The Kier molecular flexibility index (Phi) is 6.15. The smallest absolute Gasteiger partial charge is 0.254 e. The summed E-state index contributed by atoms with van der Waals surface area (Å²) < 4.78 is 1.94. The molecule has 1 N–H and O–H groups in total. The van der Waals surface area contributed by atoms with E-state index in [1.54, 1.807) is 4.90 Å². The summed E-state index contributed by atoms with van der Waals surface area (Å²) in [5, 5.41) is 8.98. The second kappa shape index (κ2) is 9.01. The molecule has 2 heterocycles. The lowest BCUT2D eigenvalue weighted by molar-refractivity contribution is 0.0787. The molecular weight excluding hydrogens is 422 g/mol. The van der Waals surface area contributed by atoms with Crippen LogP contribution in [0.1, 0.15) is 28.5 Å². The van der Waals surface area contributed by atoms with Crippen LogP contribution in [0.2, 0.25) is 5.02 Å². The van der Waals surface area contributed by atoms with Crippen molar-refractivity contribution in [2.45, 2.75) is 26.9 Å². The number of aromatic nitrogens is 3. The summed E-state index contributed by atoms with van der Waals surface area (Å²) in [6.45, 7) is 5.36. The summed E-state index contributed by atoms with van der Waals surface area (Å²) in [4.78, 5) is 20.2. The van der Waals surface area contributed by atoms with Gasteiger partial charge >= 0.3 is 0 Å². The average Bonchev–Trinajstić information content (AvgIpc) is 3.16. The molecule has 2 aromatic carbocycles. The Bertz CT molecular complexity index is 1300. The predicted octanol–water partition coefficient (Wildman–Crippen LogP) is 5.39. The van der Waals surface area contributed by atoms with Crippen molar-refractivity contribution >= 4 is 34.1 Å². The third-order valence-electron chi connectivity index (χ3n) is 5.71. The van der Waals surface area contributed by atoms with E-state index in [2.05, 4.69) is 17.3 Å². The topological polar surface area (TPSA) is 63.1 Å². The van der Waals surface area contributed by atoms with E-state index in [1.807, 2.05) is 80.4 Å². The molecule has 6 nitrogen and oxygen atoms in total. The molecule has 4 rings (SSSR count). The van der Waals surface area contributed by atoms with Crippen LogP contribution in [0.4, 0.5) is 5.69 Å². The van der Waals surface area contributed by atoms with E-state index in [1.165, 1.54) is 0 Å². The maximum Gasteiger partial charge on any atom is 0.254 e. The highest BCUT2D eigenvalue weighted by atomic mass is 35.5. The van der Waals surface area contributed by atoms with Crippen molar-refractivity contribution in [2.24, 2.45) is 0 Å².